The molecular weight excluding hydrogens is 1050 g/mol. The van der Waals surface area contributed by atoms with E-state index in [1.807, 2.05) is 12.1 Å². The lowest BCUT2D eigenvalue weighted by Gasteiger charge is -2.34. The highest BCUT2D eigenvalue weighted by molar-refractivity contribution is 6.32. The highest BCUT2D eigenvalue weighted by Gasteiger charge is 2.30. The van der Waals surface area contributed by atoms with Gasteiger partial charge in [-0.25, -0.2) is 0 Å². The zero-order valence-corrected chi connectivity index (χ0v) is 46.6. The molecule has 0 aliphatic rings. The van der Waals surface area contributed by atoms with Crippen molar-refractivity contribution in [1.29, 1.82) is 0 Å². The van der Waals surface area contributed by atoms with Crippen LogP contribution >= 0.6 is 23.2 Å². The zero-order chi connectivity index (χ0) is 55.4. The van der Waals surface area contributed by atoms with Gasteiger partial charge in [0, 0.05) is 65.2 Å². The number of aromatic nitrogens is 1. The largest absolute Gasteiger partial charge is 0.309 e. The Labute approximate surface area is 492 Å². The van der Waals surface area contributed by atoms with Gasteiger partial charge in [-0.15, -0.1) is 0 Å². The normalized spacial score (nSPS) is 11.5. The van der Waals surface area contributed by atoms with Crippen molar-refractivity contribution in [2.45, 2.75) is 0 Å². The molecule has 0 radical (unpaired) electrons. The Balaban J connectivity index is 1.22. The van der Waals surface area contributed by atoms with Crippen molar-refractivity contribution in [1.82, 2.24) is 4.40 Å². The van der Waals surface area contributed by atoms with Gasteiger partial charge in [-0.2, -0.15) is 0 Å². The number of nitrogens with zero attached hydrogens (tertiary/aromatic N) is 3. The molecule has 13 aromatic carbocycles. The van der Waals surface area contributed by atoms with E-state index in [4.69, 9.17) is 23.2 Å². The Bertz CT molecular complexity index is 4890. The number of benzene rings is 13. The van der Waals surface area contributed by atoms with Crippen LogP contribution in [0.5, 0.6) is 0 Å². The molecule has 0 unspecified atom stereocenters. The van der Waals surface area contributed by atoms with E-state index in [9.17, 15) is 0 Å². The third kappa shape index (κ3) is 8.69. The molecule has 0 atom stereocenters. The van der Waals surface area contributed by atoms with E-state index in [0.717, 1.165) is 127 Å². The van der Waals surface area contributed by atoms with E-state index in [0.29, 0.717) is 10.0 Å². The number of para-hydroxylation sites is 4. The van der Waals surface area contributed by atoms with Crippen LogP contribution in [0.25, 0.3) is 104 Å². The maximum Gasteiger partial charge on any atom is 0.0620 e. The van der Waals surface area contributed by atoms with Crippen molar-refractivity contribution in [3.63, 3.8) is 0 Å². The lowest BCUT2D eigenvalue weighted by molar-refractivity contribution is 1.25. The Morgan fingerprint density at radius 1 is 0.253 bits per heavy atom. The fourth-order valence-corrected chi connectivity index (χ4v) is 13.1. The predicted octanol–water partition coefficient (Wildman–Crippen LogP) is 23.2. The first-order valence-electron chi connectivity index (χ1n) is 28.0. The van der Waals surface area contributed by atoms with Crippen LogP contribution in [0.15, 0.2) is 309 Å². The van der Waals surface area contributed by atoms with Crippen molar-refractivity contribution in [2.24, 2.45) is 0 Å². The molecule has 2 heterocycles. The summed E-state index contributed by atoms with van der Waals surface area (Å²) in [6, 6.07) is 111. The summed E-state index contributed by atoms with van der Waals surface area (Å²) in [5, 5.41) is 10.3. The van der Waals surface area contributed by atoms with Gasteiger partial charge in [0.2, 0.25) is 0 Å². The summed E-state index contributed by atoms with van der Waals surface area (Å²) in [6.45, 7) is 0. The minimum atomic E-state index is 0.624. The van der Waals surface area contributed by atoms with Gasteiger partial charge >= 0.3 is 0 Å². The summed E-state index contributed by atoms with van der Waals surface area (Å²) >= 11 is 14.5. The first kappa shape index (κ1) is 49.8. The van der Waals surface area contributed by atoms with Gasteiger partial charge in [-0.1, -0.05) is 278 Å². The second kappa shape index (κ2) is 21.1. The van der Waals surface area contributed by atoms with Crippen LogP contribution in [0.4, 0.5) is 34.1 Å². The molecular formula is C78H51Cl2N3. The van der Waals surface area contributed by atoms with Crippen LogP contribution < -0.4 is 9.80 Å². The van der Waals surface area contributed by atoms with Crippen molar-refractivity contribution in [3.8, 4) is 44.5 Å². The SMILES string of the molecule is Clc1cccc(N(c2cc(N(c3cccc(Cl)c3)c3c(-c4ccccc4)cccc3-c3ccccc3)c3c4cccc5c6ccccc6c6ccccc6c6ccccc6n(c3c2)c54)c2c(-c3ccccc3)cccc2-c2ccccc2)c1. The summed E-state index contributed by atoms with van der Waals surface area (Å²) in [5.41, 5.74) is 17.5. The second-order valence-corrected chi connectivity index (χ2v) is 21.9. The Morgan fingerprint density at radius 3 is 1.10 bits per heavy atom. The van der Waals surface area contributed by atoms with E-state index in [1.165, 1.54) is 10.8 Å². The molecule has 3 nitrogen and oxygen atoms in total. The topological polar surface area (TPSA) is 10.9 Å². The molecule has 5 heteroatoms. The Hall–Kier alpha value is -10.2. The van der Waals surface area contributed by atoms with Crippen LogP contribution in [0, 0.1) is 0 Å². The summed E-state index contributed by atoms with van der Waals surface area (Å²) in [7, 11) is 0. The van der Waals surface area contributed by atoms with Crippen LogP contribution in [0.3, 0.4) is 0 Å². The van der Waals surface area contributed by atoms with Crippen molar-refractivity contribution in [3.05, 3.63) is 319 Å². The number of hydrogen-bond donors (Lipinski definition) is 0. The van der Waals surface area contributed by atoms with E-state index in [1.54, 1.807) is 0 Å². The van der Waals surface area contributed by atoms with E-state index < -0.39 is 0 Å². The van der Waals surface area contributed by atoms with Crippen molar-refractivity contribution in [2.75, 3.05) is 9.80 Å². The first-order chi connectivity index (χ1) is 41.1. The van der Waals surface area contributed by atoms with E-state index >= 15 is 0 Å². The number of halogens is 2. The smallest absolute Gasteiger partial charge is 0.0620 e. The van der Waals surface area contributed by atoms with Gasteiger partial charge < -0.3 is 14.2 Å². The molecule has 0 saturated heterocycles. The van der Waals surface area contributed by atoms with Crippen LogP contribution in [0.2, 0.25) is 10.0 Å². The number of hydrogen-bond acceptors (Lipinski definition) is 2. The number of rotatable bonds is 10. The minimum Gasteiger partial charge on any atom is -0.309 e. The first-order valence-corrected chi connectivity index (χ1v) is 28.8. The van der Waals surface area contributed by atoms with Gasteiger partial charge in [0.25, 0.3) is 0 Å². The molecule has 0 aliphatic carbocycles. The number of anilines is 6. The second-order valence-electron chi connectivity index (χ2n) is 21.0. The molecule has 2 aromatic heterocycles. The fourth-order valence-electron chi connectivity index (χ4n) is 12.7. The standard InChI is InChI=1S/C78H51Cl2N3/c79-56-32-19-34-58(48-56)81(76-61(52-24-5-1-6-25-52)41-21-42-62(76)53-26-7-2-8-27-53)60-50-73(82(59-35-20-33-57(80)49-59)77-63(54-28-9-3-10-29-54)43-22-44-64(77)55-30-11-4-12-31-55)75-71-46-23-45-70-68-39-16-14-37-66(68)65-36-13-15-38-67(65)69-40-17-18-47-72(69)83(78(70)71)74(75)51-60/h1-51H. The lowest BCUT2D eigenvalue weighted by Crippen LogP contribution is -2.16. The van der Waals surface area contributed by atoms with Crippen LogP contribution in [0.1, 0.15) is 0 Å². The molecule has 0 saturated carbocycles. The highest BCUT2D eigenvalue weighted by atomic mass is 35.5. The molecule has 392 valence electrons. The van der Waals surface area contributed by atoms with Gasteiger partial charge in [0.15, 0.2) is 0 Å². The van der Waals surface area contributed by atoms with Gasteiger partial charge in [0.05, 0.1) is 39.3 Å². The van der Waals surface area contributed by atoms with Crippen LogP contribution in [-0.4, -0.2) is 4.40 Å². The predicted molar refractivity (Wildman–Crippen MR) is 355 cm³/mol. The van der Waals surface area contributed by atoms with E-state index in [-0.39, 0.29) is 0 Å². The molecule has 0 amide bonds. The molecule has 0 N–H and O–H groups in total. The third-order valence-electron chi connectivity index (χ3n) is 16.2. The molecule has 15 aromatic rings. The number of fused-ring (bicyclic) bond motifs is 10. The molecule has 0 bridgehead atoms. The van der Waals surface area contributed by atoms with Gasteiger partial charge in [-0.05, 0) is 98.4 Å². The molecule has 83 heavy (non-hydrogen) atoms. The fraction of sp³-hybridized carbons (Fsp3) is 0. The monoisotopic (exact) mass is 1100 g/mol. The van der Waals surface area contributed by atoms with Gasteiger partial charge in [-0.3, -0.25) is 0 Å². The average Bonchev–Trinajstić information content (AvgIpc) is 2.80. The summed E-state index contributed by atoms with van der Waals surface area (Å²) in [4.78, 5) is 4.92. The summed E-state index contributed by atoms with van der Waals surface area (Å²) in [6.07, 6.45) is 0. The van der Waals surface area contributed by atoms with Crippen molar-refractivity contribution >= 4 is 117 Å². The average molecular weight is 1100 g/mol. The van der Waals surface area contributed by atoms with E-state index in [2.05, 4.69) is 311 Å². The molecule has 0 spiro atoms. The Kier molecular flexibility index (Phi) is 12.6. The molecule has 15 rings (SSSR count). The highest BCUT2D eigenvalue weighted by Crippen LogP contribution is 2.55. The lowest BCUT2D eigenvalue weighted by atomic mass is 9.93. The quantitative estimate of drug-likeness (QED) is 0.135. The Morgan fingerprint density at radius 2 is 0.614 bits per heavy atom. The molecule has 0 aliphatic heterocycles. The summed E-state index contributed by atoms with van der Waals surface area (Å²) < 4.78 is 2.55. The maximum atomic E-state index is 7.30. The summed E-state index contributed by atoms with van der Waals surface area (Å²) in [5.74, 6) is 0. The maximum absolute atomic E-state index is 7.30. The zero-order valence-electron chi connectivity index (χ0n) is 45.0. The van der Waals surface area contributed by atoms with Crippen LogP contribution in [-0.2, 0) is 0 Å². The third-order valence-corrected chi connectivity index (χ3v) is 16.7. The minimum absolute atomic E-state index is 0.624. The molecule has 0 fully saturated rings. The van der Waals surface area contributed by atoms with Crippen molar-refractivity contribution < 1.29 is 0 Å². The van der Waals surface area contributed by atoms with Gasteiger partial charge in [0.1, 0.15) is 0 Å².